The first-order valence-corrected chi connectivity index (χ1v) is 8.99. The minimum atomic E-state index is -0.782. The number of benzene rings is 1. The van der Waals surface area contributed by atoms with Crippen molar-refractivity contribution in [2.45, 2.75) is 25.5 Å². The molecule has 3 aromatic rings. The van der Waals surface area contributed by atoms with Crippen LogP contribution >= 0.6 is 0 Å². The van der Waals surface area contributed by atoms with Crippen LogP contribution in [0, 0.1) is 0 Å². The highest BCUT2D eigenvalue weighted by Gasteiger charge is 2.22. The van der Waals surface area contributed by atoms with Crippen molar-refractivity contribution in [1.82, 2.24) is 9.61 Å². The lowest BCUT2D eigenvalue weighted by molar-refractivity contribution is 0.0997. The first-order chi connectivity index (χ1) is 13.5. The van der Waals surface area contributed by atoms with E-state index in [1.807, 2.05) is 43.5 Å². The maximum absolute atomic E-state index is 11.9. The first-order valence-electron chi connectivity index (χ1n) is 8.99. The van der Waals surface area contributed by atoms with E-state index in [0.717, 1.165) is 16.9 Å². The lowest BCUT2D eigenvalue weighted by atomic mass is 10.1. The minimum absolute atomic E-state index is 0.189. The normalized spacial score (nSPS) is 13.3. The SMILES string of the molecule is CCC(O)C(CO)Nc1c(C(N)=O)cnn2cc(-c3ccc(OC)cc3)cc12. The third-order valence-electron chi connectivity index (χ3n) is 4.74. The molecule has 8 nitrogen and oxygen atoms in total. The number of primary amides is 1. The highest BCUT2D eigenvalue weighted by Crippen LogP contribution is 2.30. The molecule has 8 heteroatoms. The molecule has 0 aliphatic heterocycles. The Labute approximate surface area is 162 Å². The van der Waals surface area contributed by atoms with Gasteiger partial charge in [-0.3, -0.25) is 4.79 Å². The van der Waals surface area contributed by atoms with Gasteiger partial charge in [-0.15, -0.1) is 0 Å². The number of rotatable bonds is 8. The molecule has 2 unspecified atom stereocenters. The zero-order valence-electron chi connectivity index (χ0n) is 15.8. The number of fused-ring (bicyclic) bond motifs is 1. The standard InChI is InChI=1S/C20H24N4O4/c1-3-18(26)16(11-25)23-19-15(20(21)27)9-22-24-10-13(8-17(19)24)12-4-6-14(28-2)7-5-12/h4-10,16,18,23,25-26H,3,11H2,1-2H3,(H2,21,27). The topological polar surface area (TPSA) is 122 Å². The van der Waals surface area contributed by atoms with Crippen molar-refractivity contribution in [3.05, 3.63) is 48.3 Å². The molecule has 0 bridgehead atoms. The molecule has 0 saturated carbocycles. The van der Waals surface area contributed by atoms with E-state index < -0.39 is 18.1 Å². The van der Waals surface area contributed by atoms with E-state index in [1.54, 1.807) is 11.6 Å². The average molecular weight is 384 g/mol. The number of aromatic nitrogens is 2. The lowest BCUT2D eigenvalue weighted by Crippen LogP contribution is -2.37. The van der Waals surface area contributed by atoms with Crippen LogP contribution in [-0.2, 0) is 0 Å². The molecule has 28 heavy (non-hydrogen) atoms. The number of carbonyl (C=O) groups excluding carboxylic acids is 1. The number of anilines is 1. The van der Waals surface area contributed by atoms with Crippen LogP contribution in [-0.4, -0.2) is 51.6 Å². The van der Waals surface area contributed by atoms with Gasteiger partial charge in [0.1, 0.15) is 5.75 Å². The van der Waals surface area contributed by atoms with Crippen LogP contribution in [0.2, 0.25) is 0 Å². The molecular formula is C20H24N4O4. The van der Waals surface area contributed by atoms with Crippen molar-refractivity contribution in [2.24, 2.45) is 5.73 Å². The van der Waals surface area contributed by atoms with Gasteiger partial charge < -0.3 is 26.0 Å². The van der Waals surface area contributed by atoms with Crippen molar-refractivity contribution in [3.63, 3.8) is 0 Å². The molecule has 2 heterocycles. The van der Waals surface area contributed by atoms with Gasteiger partial charge in [-0.05, 0) is 30.2 Å². The van der Waals surface area contributed by atoms with Crippen molar-refractivity contribution in [1.29, 1.82) is 0 Å². The van der Waals surface area contributed by atoms with Crippen molar-refractivity contribution in [2.75, 3.05) is 19.0 Å². The number of hydrogen-bond donors (Lipinski definition) is 4. The Morgan fingerprint density at radius 3 is 2.61 bits per heavy atom. The van der Waals surface area contributed by atoms with E-state index in [9.17, 15) is 15.0 Å². The second kappa shape index (κ2) is 8.28. The monoisotopic (exact) mass is 384 g/mol. The number of aliphatic hydroxyl groups is 2. The van der Waals surface area contributed by atoms with Crippen molar-refractivity contribution >= 4 is 17.1 Å². The summed E-state index contributed by atoms with van der Waals surface area (Å²) in [4.78, 5) is 11.9. The number of ether oxygens (including phenoxy) is 1. The summed E-state index contributed by atoms with van der Waals surface area (Å²) < 4.78 is 6.81. The summed E-state index contributed by atoms with van der Waals surface area (Å²) >= 11 is 0. The zero-order chi connectivity index (χ0) is 20.3. The Hall–Kier alpha value is -3.10. The summed E-state index contributed by atoms with van der Waals surface area (Å²) in [5.74, 6) is 0.107. The van der Waals surface area contributed by atoms with Gasteiger partial charge in [-0.2, -0.15) is 5.10 Å². The minimum Gasteiger partial charge on any atom is -0.497 e. The Balaban J connectivity index is 2.09. The molecule has 0 fully saturated rings. The molecule has 0 aliphatic carbocycles. The summed E-state index contributed by atoms with van der Waals surface area (Å²) in [6.07, 6.45) is 2.87. The fraction of sp³-hybridized carbons (Fsp3) is 0.300. The Bertz CT molecular complexity index is 968. The molecule has 0 spiro atoms. The summed E-state index contributed by atoms with van der Waals surface area (Å²) in [5.41, 5.74) is 8.58. The Morgan fingerprint density at radius 1 is 1.32 bits per heavy atom. The molecule has 148 valence electrons. The Kier molecular flexibility index (Phi) is 5.81. The van der Waals surface area contributed by atoms with E-state index in [4.69, 9.17) is 10.5 Å². The number of nitrogens with zero attached hydrogens (tertiary/aromatic N) is 2. The molecule has 0 radical (unpaired) electrons. The predicted octanol–water partition coefficient (Wildman–Crippen LogP) is 1.65. The van der Waals surface area contributed by atoms with E-state index in [2.05, 4.69) is 10.4 Å². The fourth-order valence-corrected chi connectivity index (χ4v) is 3.07. The van der Waals surface area contributed by atoms with E-state index in [-0.39, 0.29) is 12.2 Å². The predicted molar refractivity (Wildman–Crippen MR) is 106 cm³/mol. The quantitative estimate of drug-likeness (QED) is 0.468. The van der Waals surface area contributed by atoms with E-state index >= 15 is 0 Å². The molecule has 2 aromatic heterocycles. The summed E-state index contributed by atoms with van der Waals surface area (Å²) in [7, 11) is 1.61. The highest BCUT2D eigenvalue weighted by atomic mass is 16.5. The number of nitrogens with one attached hydrogen (secondary N) is 1. The number of methoxy groups -OCH3 is 1. The third kappa shape index (κ3) is 3.78. The van der Waals surface area contributed by atoms with Crippen LogP contribution in [0.25, 0.3) is 16.6 Å². The average Bonchev–Trinajstić information content (AvgIpc) is 3.15. The first kappa shape index (κ1) is 19.7. The molecule has 5 N–H and O–H groups in total. The van der Waals surface area contributed by atoms with Gasteiger partial charge in [-0.1, -0.05) is 19.1 Å². The zero-order valence-corrected chi connectivity index (χ0v) is 15.8. The summed E-state index contributed by atoms with van der Waals surface area (Å²) in [5, 5.41) is 27.1. The molecule has 0 aliphatic rings. The molecule has 1 amide bonds. The summed E-state index contributed by atoms with van der Waals surface area (Å²) in [6, 6.07) is 8.79. The van der Waals surface area contributed by atoms with Gasteiger partial charge in [0.05, 0.1) is 48.8 Å². The maximum Gasteiger partial charge on any atom is 0.252 e. The van der Waals surface area contributed by atoms with Gasteiger partial charge in [-0.25, -0.2) is 4.52 Å². The van der Waals surface area contributed by atoms with Crippen molar-refractivity contribution < 1.29 is 19.7 Å². The van der Waals surface area contributed by atoms with Crippen LogP contribution in [0.3, 0.4) is 0 Å². The number of nitrogens with two attached hydrogens (primary N) is 1. The summed E-state index contributed by atoms with van der Waals surface area (Å²) in [6.45, 7) is 1.51. The van der Waals surface area contributed by atoms with E-state index in [1.165, 1.54) is 6.20 Å². The Morgan fingerprint density at radius 2 is 2.04 bits per heavy atom. The number of hydrogen-bond acceptors (Lipinski definition) is 6. The molecule has 3 rings (SSSR count). The van der Waals surface area contributed by atoms with Gasteiger partial charge in [0, 0.05) is 11.8 Å². The third-order valence-corrected chi connectivity index (χ3v) is 4.74. The highest BCUT2D eigenvalue weighted by molar-refractivity contribution is 6.02. The van der Waals surface area contributed by atoms with Gasteiger partial charge in [0.25, 0.3) is 5.91 Å². The van der Waals surface area contributed by atoms with Crippen LogP contribution in [0.5, 0.6) is 5.75 Å². The van der Waals surface area contributed by atoms with Gasteiger partial charge in [0.2, 0.25) is 0 Å². The van der Waals surface area contributed by atoms with Gasteiger partial charge >= 0.3 is 0 Å². The molecule has 1 aromatic carbocycles. The van der Waals surface area contributed by atoms with Crippen molar-refractivity contribution in [3.8, 4) is 16.9 Å². The second-order valence-corrected chi connectivity index (χ2v) is 6.49. The molecule has 2 atom stereocenters. The maximum atomic E-state index is 11.9. The number of carbonyl (C=O) groups is 1. The van der Waals surface area contributed by atoms with Crippen LogP contribution < -0.4 is 15.8 Å². The number of amides is 1. The molecular weight excluding hydrogens is 360 g/mol. The van der Waals surface area contributed by atoms with Crippen LogP contribution in [0.15, 0.2) is 42.7 Å². The van der Waals surface area contributed by atoms with Crippen LogP contribution in [0.4, 0.5) is 5.69 Å². The lowest BCUT2D eigenvalue weighted by Gasteiger charge is -2.23. The fourth-order valence-electron chi connectivity index (χ4n) is 3.07. The van der Waals surface area contributed by atoms with Crippen LogP contribution in [0.1, 0.15) is 23.7 Å². The number of aliphatic hydroxyl groups excluding tert-OH is 2. The smallest absolute Gasteiger partial charge is 0.252 e. The second-order valence-electron chi connectivity index (χ2n) is 6.49. The molecule has 0 saturated heterocycles. The largest absolute Gasteiger partial charge is 0.497 e. The van der Waals surface area contributed by atoms with Gasteiger partial charge in [0.15, 0.2) is 0 Å². The van der Waals surface area contributed by atoms with E-state index in [0.29, 0.717) is 17.6 Å².